The molecule has 0 bridgehead atoms. The van der Waals surface area contributed by atoms with Crippen molar-refractivity contribution in [3.8, 4) is 0 Å². The summed E-state index contributed by atoms with van der Waals surface area (Å²) in [5.74, 6) is -0.658. The molecule has 1 amide bonds. The summed E-state index contributed by atoms with van der Waals surface area (Å²) in [6.45, 7) is 5.10. The lowest BCUT2D eigenvalue weighted by molar-refractivity contribution is -0.143. The highest BCUT2D eigenvalue weighted by molar-refractivity contribution is 5.99. The van der Waals surface area contributed by atoms with Gasteiger partial charge in [0.25, 0.3) is 0 Å². The molecule has 1 aliphatic rings. The number of rotatable bonds is 5. The minimum absolute atomic E-state index is 0.0633. The van der Waals surface area contributed by atoms with Crippen LogP contribution in [-0.2, 0) is 19.1 Å². The Morgan fingerprint density at radius 2 is 2.05 bits per heavy atom. The molecule has 1 saturated heterocycles. The van der Waals surface area contributed by atoms with Crippen LogP contribution in [0, 0.1) is 12.8 Å². The number of anilines is 1. The summed E-state index contributed by atoms with van der Waals surface area (Å²) >= 11 is 0. The van der Waals surface area contributed by atoms with E-state index in [9.17, 15) is 9.59 Å². The van der Waals surface area contributed by atoms with Gasteiger partial charge in [0.1, 0.15) is 6.54 Å². The van der Waals surface area contributed by atoms with E-state index in [4.69, 9.17) is 9.47 Å². The van der Waals surface area contributed by atoms with Gasteiger partial charge in [-0.25, -0.2) is 0 Å². The van der Waals surface area contributed by atoms with Crippen LogP contribution in [0.1, 0.15) is 25.3 Å². The van der Waals surface area contributed by atoms with Crippen molar-refractivity contribution < 1.29 is 19.1 Å². The molecule has 0 N–H and O–H groups in total. The van der Waals surface area contributed by atoms with Gasteiger partial charge in [-0.15, -0.1) is 0 Å². The van der Waals surface area contributed by atoms with Gasteiger partial charge in [-0.05, 0) is 38.8 Å². The van der Waals surface area contributed by atoms with E-state index in [1.165, 1.54) is 4.90 Å². The van der Waals surface area contributed by atoms with E-state index in [0.29, 0.717) is 25.5 Å². The summed E-state index contributed by atoms with van der Waals surface area (Å²) in [5, 5.41) is 0. The number of ether oxygens (including phenoxy) is 2. The van der Waals surface area contributed by atoms with Gasteiger partial charge >= 0.3 is 5.97 Å². The smallest absolute Gasteiger partial charge is 0.326 e. The molecule has 1 heterocycles. The standard InChI is InChI=1S/C17H23NO4/c1-3-22-16(19)11-18(15-8-6-13(2)7-9-15)17(20)14-5-4-10-21-12-14/h6-9,14H,3-5,10-12H2,1-2H3. The molecule has 1 unspecified atom stereocenters. The molecule has 0 radical (unpaired) electrons. The summed E-state index contributed by atoms with van der Waals surface area (Å²) < 4.78 is 10.4. The predicted octanol–water partition coefficient (Wildman–Crippen LogP) is 2.32. The number of nitrogens with zero attached hydrogens (tertiary/aromatic N) is 1. The van der Waals surface area contributed by atoms with Crippen LogP contribution in [0.25, 0.3) is 0 Å². The van der Waals surface area contributed by atoms with Crippen LogP contribution >= 0.6 is 0 Å². The molecule has 1 aromatic carbocycles. The molecule has 22 heavy (non-hydrogen) atoms. The van der Waals surface area contributed by atoms with Gasteiger partial charge in [0.2, 0.25) is 5.91 Å². The quantitative estimate of drug-likeness (QED) is 0.783. The Morgan fingerprint density at radius 1 is 1.32 bits per heavy atom. The fraction of sp³-hybridized carbons (Fsp3) is 0.529. The maximum absolute atomic E-state index is 12.8. The second-order valence-electron chi connectivity index (χ2n) is 5.48. The van der Waals surface area contributed by atoms with E-state index in [2.05, 4.69) is 0 Å². The number of hydrogen-bond donors (Lipinski definition) is 0. The van der Waals surface area contributed by atoms with Crippen LogP contribution < -0.4 is 4.90 Å². The second-order valence-corrected chi connectivity index (χ2v) is 5.48. The molecule has 0 aliphatic carbocycles. The maximum atomic E-state index is 12.8. The monoisotopic (exact) mass is 305 g/mol. The van der Waals surface area contributed by atoms with Gasteiger partial charge in [-0.3, -0.25) is 9.59 Å². The fourth-order valence-electron chi connectivity index (χ4n) is 2.51. The number of carbonyl (C=O) groups excluding carboxylic acids is 2. The first-order valence-electron chi connectivity index (χ1n) is 7.73. The lowest BCUT2D eigenvalue weighted by Crippen LogP contribution is -2.42. The molecule has 1 atom stereocenters. The predicted molar refractivity (Wildman–Crippen MR) is 83.7 cm³/mol. The lowest BCUT2D eigenvalue weighted by atomic mass is 10.00. The van der Waals surface area contributed by atoms with Crippen molar-refractivity contribution in [2.45, 2.75) is 26.7 Å². The maximum Gasteiger partial charge on any atom is 0.326 e. The molecule has 1 aliphatic heterocycles. The first-order valence-corrected chi connectivity index (χ1v) is 7.73. The molecule has 1 aromatic rings. The van der Waals surface area contributed by atoms with Gasteiger partial charge in [0.05, 0.1) is 19.1 Å². The highest BCUT2D eigenvalue weighted by Crippen LogP contribution is 2.22. The van der Waals surface area contributed by atoms with Gasteiger partial charge < -0.3 is 14.4 Å². The van der Waals surface area contributed by atoms with Crippen LogP contribution in [0.15, 0.2) is 24.3 Å². The molecule has 5 nitrogen and oxygen atoms in total. The number of benzene rings is 1. The summed E-state index contributed by atoms with van der Waals surface area (Å²) in [7, 11) is 0. The third-order valence-electron chi connectivity index (χ3n) is 3.71. The number of esters is 1. The number of aryl methyl sites for hydroxylation is 1. The van der Waals surface area contributed by atoms with E-state index >= 15 is 0 Å². The zero-order valence-corrected chi connectivity index (χ0v) is 13.2. The van der Waals surface area contributed by atoms with Crippen molar-refractivity contribution in [2.24, 2.45) is 5.92 Å². The average molecular weight is 305 g/mol. The lowest BCUT2D eigenvalue weighted by Gasteiger charge is -2.28. The van der Waals surface area contributed by atoms with Crippen molar-refractivity contribution in [3.63, 3.8) is 0 Å². The molecule has 5 heteroatoms. The Kier molecular flexibility index (Phi) is 5.95. The Hall–Kier alpha value is -1.88. The molecular weight excluding hydrogens is 282 g/mol. The molecular formula is C17H23NO4. The van der Waals surface area contributed by atoms with Crippen LogP contribution in [-0.4, -0.2) is 38.2 Å². The van der Waals surface area contributed by atoms with Crippen molar-refractivity contribution in [2.75, 3.05) is 31.3 Å². The highest BCUT2D eigenvalue weighted by Gasteiger charge is 2.29. The van der Waals surface area contributed by atoms with Crippen LogP contribution in [0.4, 0.5) is 5.69 Å². The van der Waals surface area contributed by atoms with Gasteiger partial charge in [-0.2, -0.15) is 0 Å². The molecule has 0 spiro atoms. The molecule has 0 saturated carbocycles. The minimum Gasteiger partial charge on any atom is -0.465 e. The summed E-state index contributed by atoms with van der Waals surface area (Å²) in [5.41, 5.74) is 1.82. The second kappa shape index (κ2) is 7.94. The number of hydrogen-bond acceptors (Lipinski definition) is 4. The zero-order chi connectivity index (χ0) is 15.9. The van der Waals surface area contributed by atoms with Crippen LogP contribution in [0.5, 0.6) is 0 Å². The van der Waals surface area contributed by atoms with E-state index in [1.54, 1.807) is 6.92 Å². The Bertz CT molecular complexity index is 506. The Labute approximate surface area is 131 Å². The van der Waals surface area contributed by atoms with E-state index < -0.39 is 5.97 Å². The van der Waals surface area contributed by atoms with Crippen molar-refractivity contribution >= 4 is 17.6 Å². The SMILES string of the molecule is CCOC(=O)CN(C(=O)C1CCCOC1)c1ccc(C)cc1. The van der Waals surface area contributed by atoms with Crippen LogP contribution in [0.2, 0.25) is 0 Å². The summed E-state index contributed by atoms with van der Waals surface area (Å²) in [6.07, 6.45) is 1.67. The van der Waals surface area contributed by atoms with Gasteiger partial charge in [0, 0.05) is 12.3 Å². The number of carbonyl (C=O) groups is 2. The van der Waals surface area contributed by atoms with Crippen LogP contribution in [0.3, 0.4) is 0 Å². The Morgan fingerprint density at radius 3 is 2.64 bits per heavy atom. The van der Waals surface area contributed by atoms with E-state index in [-0.39, 0.29) is 18.4 Å². The van der Waals surface area contributed by atoms with Gasteiger partial charge in [0.15, 0.2) is 0 Å². The first-order chi connectivity index (χ1) is 10.6. The van der Waals surface area contributed by atoms with Crippen molar-refractivity contribution in [1.82, 2.24) is 0 Å². The molecule has 120 valence electrons. The number of amides is 1. The van der Waals surface area contributed by atoms with Gasteiger partial charge in [-0.1, -0.05) is 17.7 Å². The van der Waals surface area contributed by atoms with Crippen molar-refractivity contribution in [1.29, 1.82) is 0 Å². The summed E-state index contributed by atoms with van der Waals surface area (Å²) in [6, 6.07) is 7.57. The zero-order valence-electron chi connectivity index (χ0n) is 13.2. The molecule has 2 rings (SSSR count). The highest BCUT2D eigenvalue weighted by atomic mass is 16.5. The van der Waals surface area contributed by atoms with Crippen molar-refractivity contribution in [3.05, 3.63) is 29.8 Å². The largest absolute Gasteiger partial charge is 0.465 e. The summed E-state index contributed by atoms with van der Waals surface area (Å²) in [4.78, 5) is 26.1. The fourth-order valence-corrected chi connectivity index (χ4v) is 2.51. The minimum atomic E-state index is -0.395. The molecule has 1 fully saturated rings. The Balaban J connectivity index is 2.17. The average Bonchev–Trinajstić information content (AvgIpc) is 2.54. The topological polar surface area (TPSA) is 55.8 Å². The van der Waals surface area contributed by atoms with E-state index in [0.717, 1.165) is 18.4 Å². The molecule has 0 aromatic heterocycles. The third-order valence-corrected chi connectivity index (χ3v) is 3.71. The first kappa shape index (κ1) is 16.5. The van der Waals surface area contributed by atoms with E-state index in [1.807, 2.05) is 31.2 Å². The normalized spacial score (nSPS) is 17.8. The third kappa shape index (κ3) is 4.31.